The second-order valence-corrected chi connectivity index (χ2v) is 47.8. The fourth-order valence-corrected chi connectivity index (χ4v) is 33.9. The van der Waals surface area contributed by atoms with Gasteiger partial charge in [0.1, 0.15) is 38.0 Å². The lowest BCUT2D eigenvalue weighted by Crippen LogP contribution is -2.79. The number of para-hydroxylation sites is 1. The third kappa shape index (κ3) is 11.2. The number of imidazole rings is 5. The fourth-order valence-electron chi connectivity index (χ4n) is 23.9. The predicted octanol–water partition coefficient (Wildman–Crippen LogP) is 28.0. The fraction of sp³-hybridized carbons (Fsp3) is 0.161. The van der Waals surface area contributed by atoms with Crippen molar-refractivity contribution >= 4 is 196 Å². The number of aryl methyl sites for hydroxylation is 5. The minimum absolute atomic E-state index is 0.0388. The Morgan fingerprint density at radius 1 is 0.288 bits per heavy atom. The number of pyridine rings is 5. The molecule has 0 bridgehead atoms. The number of nitrogens with zero attached hydrogens (tertiary/aromatic N) is 10. The number of aromatic nitrogens is 10. The quantitative estimate of drug-likeness (QED) is 0.127. The molecular weight excluding hydrogens is 1680 g/mol. The van der Waals surface area contributed by atoms with Crippen molar-refractivity contribution in [2.24, 2.45) is 0 Å². The summed E-state index contributed by atoms with van der Waals surface area (Å²) in [7, 11) is -2.57. The van der Waals surface area contributed by atoms with E-state index in [9.17, 15) is 0 Å². The topological polar surface area (TPSA) is 86.5 Å². The summed E-state index contributed by atoms with van der Waals surface area (Å²) in [6.07, 6.45) is 9.28. The Balaban J connectivity index is 0.0000000898. The highest BCUT2D eigenvalue weighted by atomic mass is 32.2. The molecule has 0 saturated carbocycles. The zero-order valence-corrected chi connectivity index (χ0v) is 79.6. The maximum atomic E-state index is 5.31. The van der Waals surface area contributed by atoms with Gasteiger partial charge in [0.25, 0.3) is 0 Å². The molecule has 132 heavy (non-hydrogen) atoms. The molecule has 15 heterocycles. The number of rotatable bonds is 4. The van der Waals surface area contributed by atoms with Crippen molar-refractivity contribution in [3.8, 4) is 0 Å². The van der Waals surface area contributed by atoms with Gasteiger partial charge in [-0.3, -0.25) is 22.0 Å². The van der Waals surface area contributed by atoms with Crippen molar-refractivity contribution in [3.63, 3.8) is 0 Å². The van der Waals surface area contributed by atoms with Crippen LogP contribution in [0.2, 0.25) is 0 Å². The van der Waals surface area contributed by atoms with E-state index in [4.69, 9.17) is 24.9 Å². The van der Waals surface area contributed by atoms with Gasteiger partial charge < -0.3 is 0 Å². The maximum Gasteiger partial charge on any atom is 0.181 e. The lowest BCUT2D eigenvalue weighted by molar-refractivity contribution is 0.506. The molecule has 14 heteroatoms. The van der Waals surface area contributed by atoms with Crippen LogP contribution in [0.25, 0.3) is 137 Å². The first-order valence-corrected chi connectivity index (χ1v) is 50.4. The van der Waals surface area contributed by atoms with Gasteiger partial charge in [-0.15, -0.1) is 23.5 Å². The Kier molecular flexibility index (Phi) is 17.8. The summed E-state index contributed by atoms with van der Waals surface area (Å²) in [6, 6.07) is 113. The van der Waals surface area contributed by atoms with Crippen molar-refractivity contribution < 1.29 is 0 Å². The molecule has 0 spiro atoms. The van der Waals surface area contributed by atoms with Gasteiger partial charge in [-0.1, -0.05) is 337 Å². The molecule has 0 saturated heterocycles. The molecule has 0 aliphatic carbocycles. The van der Waals surface area contributed by atoms with E-state index in [0.29, 0.717) is 0 Å². The largest absolute Gasteiger partial charge is 0.299 e. The first-order valence-electron chi connectivity index (χ1n) is 46.0. The lowest BCUT2D eigenvalue weighted by atomic mass is 9.77. The highest BCUT2D eigenvalue weighted by Gasteiger charge is 2.58. The van der Waals surface area contributed by atoms with Crippen LogP contribution in [-0.4, -0.2) is 55.0 Å². The molecule has 5 aliphatic heterocycles. The molecule has 0 radical (unpaired) electrons. The molecule has 14 aromatic carbocycles. The van der Waals surface area contributed by atoms with Crippen molar-refractivity contribution in [2.75, 3.05) is 0 Å². The monoisotopic (exact) mass is 1780 g/mol. The van der Waals surface area contributed by atoms with E-state index in [2.05, 4.69) is 440 Å². The molecule has 640 valence electrons. The summed E-state index contributed by atoms with van der Waals surface area (Å²) in [4.78, 5) is 27.3. The normalized spacial score (nSPS) is 15.7. The molecule has 10 aromatic heterocycles. The van der Waals surface area contributed by atoms with Crippen LogP contribution in [0.1, 0.15) is 128 Å². The van der Waals surface area contributed by atoms with E-state index < -0.39 is 8.07 Å². The van der Waals surface area contributed by atoms with Crippen molar-refractivity contribution in [2.45, 2.75) is 136 Å². The summed E-state index contributed by atoms with van der Waals surface area (Å²) < 4.78 is 11.8. The third-order valence-electron chi connectivity index (χ3n) is 29.7. The summed E-state index contributed by atoms with van der Waals surface area (Å²) in [6.45, 7) is 29.9. The first kappa shape index (κ1) is 80.5. The van der Waals surface area contributed by atoms with Gasteiger partial charge in [0.05, 0.1) is 68.0 Å². The number of hydrogen-bond donors (Lipinski definition) is 0. The van der Waals surface area contributed by atoms with Gasteiger partial charge in [-0.05, 0) is 174 Å². The zero-order chi connectivity index (χ0) is 89.5. The highest BCUT2D eigenvalue weighted by Crippen LogP contribution is 2.59. The molecule has 0 amide bonds. The van der Waals surface area contributed by atoms with E-state index in [1.165, 1.54) is 206 Å². The standard InChI is InChI=1S/C31H26N2Si.C29H20N2S.C20H18N2.2C19H16N2S/c1-21-30-33-28-25(24-17-10-11-18-26(24)29(33)32-21)19-12-20-27(28)31(2,3)34(30,22-13-6-4-7-14-22)23-15-8-5-9-16-23;1-19-16-17-24-27-26(19)22-14-8-9-15-23(22)28-30-18-25(31(27)28)29(32-24,20-10-4-2-5-11-20)21-12-6-3-7-13-21;1-12-8-9-16-18-17(12)14-6-4-5-7-15(14)19-21-11-13(22(18)19)10-20(16,2)3;1-11-8-9-14-17-16(11)12-6-4-5-7-13(12)18-20-10-15(21(17)18)19(2,3)22-14;1-11-8-9-14-17-16(11)12-6-4-5-7-13(12)18-20-10-15(21(17)18)22-19(14,2)3/h4-20H,1-3H3;2-18H,1H3;4-9,11H,10H2,1-3H3;2*4-10H,1-3H3. The molecule has 0 N–H and O–H groups in total. The second kappa shape index (κ2) is 29.2. The zero-order valence-electron chi connectivity index (χ0n) is 76.2. The highest BCUT2D eigenvalue weighted by molar-refractivity contribution is 8.01. The third-order valence-corrected chi connectivity index (χ3v) is 39.5. The van der Waals surface area contributed by atoms with Gasteiger partial charge in [-0.25, -0.2) is 24.9 Å². The molecule has 0 atom stereocenters. The SMILES string of the molecule is Cc1ccc2c3c1c1ccccc1c1ncc(n13)C(C)(C)S2.Cc1ccc2c3c1c1ccccc1c1ncc(n13)C(c1ccccc1)(c1ccccc1)S2.Cc1ccc2c3c1c1ccccc1c1ncc(n13)CC2(C)C.Cc1ccc2c3c1c1ccccc1c1ncc(n13)SC2(C)C.Cc1nc2c3ccccc3c3cccc4c3n2c1[Si](c1ccccc1)(c1ccccc1)C4(C)C. The average Bonchev–Trinajstić information content (AvgIpc) is 1.60. The van der Waals surface area contributed by atoms with Crippen LogP contribution in [-0.2, 0) is 31.1 Å². The van der Waals surface area contributed by atoms with Crippen LogP contribution < -0.4 is 15.7 Å². The smallest absolute Gasteiger partial charge is 0.181 e. The molecule has 29 rings (SSSR count). The van der Waals surface area contributed by atoms with E-state index >= 15 is 0 Å². The Morgan fingerprint density at radius 3 is 1.20 bits per heavy atom. The Hall–Kier alpha value is -13.6. The number of thioether (sulfide) groups is 3. The Bertz CT molecular complexity index is 8800. The minimum atomic E-state index is -2.57. The van der Waals surface area contributed by atoms with E-state index in [0.717, 1.165) is 40.4 Å². The summed E-state index contributed by atoms with van der Waals surface area (Å²) in [5, 5.41) is 24.9. The molecule has 10 nitrogen and oxygen atoms in total. The van der Waals surface area contributed by atoms with Crippen LogP contribution in [0.15, 0.2) is 349 Å². The summed E-state index contributed by atoms with van der Waals surface area (Å²) in [5.74, 6) is 0. The van der Waals surface area contributed by atoms with Crippen LogP contribution in [0.3, 0.4) is 0 Å². The minimum Gasteiger partial charge on any atom is -0.299 e. The van der Waals surface area contributed by atoms with Gasteiger partial charge in [-0.2, -0.15) is 0 Å². The van der Waals surface area contributed by atoms with Crippen molar-refractivity contribution in [3.05, 3.63) is 407 Å². The predicted molar refractivity (Wildman–Crippen MR) is 558 cm³/mol. The summed E-state index contributed by atoms with van der Waals surface area (Å²) in [5.41, 5.74) is 29.2. The number of hydrogen-bond acceptors (Lipinski definition) is 8. The first-order chi connectivity index (χ1) is 64.1. The second-order valence-electron chi connectivity index (χ2n) is 38.8. The van der Waals surface area contributed by atoms with Crippen LogP contribution in [0.5, 0.6) is 0 Å². The summed E-state index contributed by atoms with van der Waals surface area (Å²) >= 11 is 5.78. The van der Waals surface area contributed by atoms with E-state index in [-0.39, 0.29) is 24.7 Å². The molecule has 0 fully saturated rings. The van der Waals surface area contributed by atoms with Crippen LogP contribution in [0, 0.1) is 34.6 Å². The van der Waals surface area contributed by atoms with Crippen molar-refractivity contribution in [1.29, 1.82) is 0 Å². The molecule has 5 aliphatic rings. The van der Waals surface area contributed by atoms with Gasteiger partial charge in [0.2, 0.25) is 0 Å². The molecular formula is C118H96N10S3Si. The number of fused-ring (bicyclic) bond motifs is 15. The van der Waals surface area contributed by atoms with Gasteiger partial charge in [0.15, 0.2) is 8.07 Å². The maximum absolute atomic E-state index is 5.31. The molecule has 24 aromatic rings. The van der Waals surface area contributed by atoms with Crippen LogP contribution >= 0.6 is 35.3 Å². The average molecular weight is 1780 g/mol. The molecule has 0 unspecified atom stereocenters. The van der Waals surface area contributed by atoms with Crippen molar-refractivity contribution in [1.82, 2.24) is 46.9 Å². The Labute approximate surface area is 779 Å². The van der Waals surface area contributed by atoms with Gasteiger partial charge >= 0.3 is 0 Å². The van der Waals surface area contributed by atoms with Gasteiger partial charge in [0, 0.05) is 90.6 Å². The number of benzene rings is 14. The lowest BCUT2D eigenvalue weighted by Gasteiger charge is -2.49. The Morgan fingerprint density at radius 2 is 0.682 bits per heavy atom. The van der Waals surface area contributed by atoms with E-state index in [1.54, 1.807) is 0 Å². The van der Waals surface area contributed by atoms with Crippen LogP contribution in [0.4, 0.5) is 0 Å². The van der Waals surface area contributed by atoms with E-state index in [1.807, 2.05) is 41.5 Å².